The highest BCUT2D eigenvalue weighted by Gasteiger charge is 2.38. The van der Waals surface area contributed by atoms with Crippen LogP contribution >= 0.6 is 11.3 Å². The minimum atomic E-state index is -0.769. The van der Waals surface area contributed by atoms with Gasteiger partial charge in [0.25, 0.3) is 5.91 Å². The van der Waals surface area contributed by atoms with Crippen LogP contribution in [0.4, 0.5) is 5.69 Å². The van der Waals surface area contributed by atoms with E-state index in [1.807, 2.05) is 41.8 Å². The molecule has 0 saturated carbocycles. The molecular formula is C25H26N2O4S. The average Bonchev–Trinajstić information content (AvgIpc) is 3.22. The van der Waals surface area contributed by atoms with Crippen molar-refractivity contribution in [3.05, 3.63) is 64.5 Å². The minimum absolute atomic E-state index is 0.262. The van der Waals surface area contributed by atoms with E-state index >= 15 is 0 Å². The molecule has 2 aromatic carbocycles. The maximum Gasteiger partial charge on any atom is 0.329 e. The Morgan fingerprint density at radius 2 is 1.94 bits per heavy atom. The molecule has 0 radical (unpaired) electrons. The van der Waals surface area contributed by atoms with Crippen LogP contribution in [0.1, 0.15) is 38.3 Å². The van der Waals surface area contributed by atoms with E-state index in [9.17, 15) is 9.59 Å². The van der Waals surface area contributed by atoms with Gasteiger partial charge in [-0.2, -0.15) is 0 Å². The molecule has 2 heterocycles. The van der Waals surface area contributed by atoms with Gasteiger partial charge in [0.15, 0.2) is 6.10 Å². The molecule has 166 valence electrons. The van der Waals surface area contributed by atoms with Crippen LogP contribution in [0.25, 0.3) is 11.3 Å². The SMILES string of the molecule is CC(C)OC(=O)C(C)N1C(=O)C(C)Oc2ccc(-c3csc(Cc4ccccc4)n3)cc21. The lowest BCUT2D eigenvalue weighted by atomic mass is 10.1. The molecule has 0 fully saturated rings. The number of carbonyl (C=O) groups is 2. The lowest BCUT2D eigenvalue weighted by molar-refractivity contribution is -0.150. The van der Waals surface area contributed by atoms with E-state index in [0.29, 0.717) is 11.4 Å². The zero-order valence-corrected chi connectivity index (χ0v) is 19.4. The molecule has 4 rings (SSSR count). The van der Waals surface area contributed by atoms with Gasteiger partial charge in [-0.05, 0) is 51.5 Å². The molecule has 6 nitrogen and oxygen atoms in total. The summed E-state index contributed by atoms with van der Waals surface area (Å²) in [5, 5.41) is 3.02. The molecule has 2 atom stereocenters. The number of hydrogen-bond donors (Lipinski definition) is 0. The Bertz CT molecular complexity index is 1130. The van der Waals surface area contributed by atoms with Crippen LogP contribution in [0.2, 0.25) is 0 Å². The Labute approximate surface area is 191 Å². The smallest absolute Gasteiger partial charge is 0.329 e. The molecule has 0 saturated heterocycles. The number of ether oxygens (including phenoxy) is 2. The van der Waals surface area contributed by atoms with Gasteiger partial charge in [0.05, 0.1) is 22.5 Å². The van der Waals surface area contributed by atoms with Crippen LogP contribution in [0.3, 0.4) is 0 Å². The summed E-state index contributed by atoms with van der Waals surface area (Å²) in [4.78, 5) is 31.8. The van der Waals surface area contributed by atoms with Crippen LogP contribution in [0.15, 0.2) is 53.9 Å². The van der Waals surface area contributed by atoms with Gasteiger partial charge in [-0.25, -0.2) is 9.78 Å². The van der Waals surface area contributed by atoms with Gasteiger partial charge in [0, 0.05) is 17.4 Å². The third kappa shape index (κ3) is 4.53. The molecular weight excluding hydrogens is 424 g/mol. The van der Waals surface area contributed by atoms with Crippen LogP contribution < -0.4 is 9.64 Å². The minimum Gasteiger partial charge on any atom is -0.479 e. The first-order valence-electron chi connectivity index (χ1n) is 10.7. The Kier molecular flexibility index (Phi) is 6.28. The van der Waals surface area contributed by atoms with E-state index in [1.54, 1.807) is 39.0 Å². The topological polar surface area (TPSA) is 68.7 Å². The summed E-state index contributed by atoms with van der Waals surface area (Å²) < 4.78 is 11.2. The van der Waals surface area contributed by atoms with Gasteiger partial charge in [0.2, 0.25) is 0 Å². The van der Waals surface area contributed by atoms with E-state index < -0.39 is 18.1 Å². The normalized spacial score (nSPS) is 16.5. The molecule has 3 aromatic rings. The molecule has 1 aromatic heterocycles. The molecule has 0 aliphatic carbocycles. The summed E-state index contributed by atoms with van der Waals surface area (Å²) in [7, 11) is 0. The van der Waals surface area contributed by atoms with E-state index in [1.165, 1.54) is 10.5 Å². The third-order valence-electron chi connectivity index (χ3n) is 5.23. The summed E-state index contributed by atoms with van der Waals surface area (Å²) in [6, 6.07) is 15.1. The molecule has 0 N–H and O–H groups in total. The van der Waals surface area contributed by atoms with Crippen LogP contribution in [0, 0.1) is 0 Å². The zero-order chi connectivity index (χ0) is 22.8. The molecule has 2 unspecified atom stereocenters. The second-order valence-corrected chi connectivity index (χ2v) is 9.04. The second-order valence-electron chi connectivity index (χ2n) is 8.10. The number of benzene rings is 2. The Morgan fingerprint density at radius 1 is 1.19 bits per heavy atom. The van der Waals surface area contributed by atoms with E-state index in [4.69, 9.17) is 14.5 Å². The monoisotopic (exact) mass is 450 g/mol. The van der Waals surface area contributed by atoms with Crippen molar-refractivity contribution < 1.29 is 19.1 Å². The predicted octanol–water partition coefficient (Wildman–Crippen LogP) is 4.85. The van der Waals surface area contributed by atoms with Crippen molar-refractivity contribution in [1.29, 1.82) is 0 Å². The summed E-state index contributed by atoms with van der Waals surface area (Å²) in [6.07, 6.45) is -0.179. The van der Waals surface area contributed by atoms with Gasteiger partial charge >= 0.3 is 5.97 Å². The quantitative estimate of drug-likeness (QED) is 0.502. The van der Waals surface area contributed by atoms with E-state index in [0.717, 1.165) is 22.7 Å². The fraction of sp³-hybridized carbons (Fsp3) is 0.320. The Hall–Kier alpha value is -3.19. The number of nitrogens with zero attached hydrogens (tertiary/aromatic N) is 2. The summed E-state index contributed by atoms with van der Waals surface area (Å²) in [5.41, 5.74) is 3.44. The predicted molar refractivity (Wildman–Crippen MR) is 125 cm³/mol. The van der Waals surface area contributed by atoms with Crippen molar-refractivity contribution in [3.63, 3.8) is 0 Å². The lowest BCUT2D eigenvalue weighted by Crippen LogP contribution is -2.52. The summed E-state index contributed by atoms with van der Waals surface area (Å²) >= 11 is 1.60. The summed E-state index contributed by atoms with van der Waals surface area (Å²) in [6.45, 7) is 6.94. The molecule has 1 aliphatic rings. The number of aromatic nitrogens is 1. The van der Waals surface area contributed by atoms with E-state index in [-0.39, 0.29) is 12.0 Å². The molecule has 32 heavy (non-hydrogen) atoms. The van der Waals surface area contributed by atoms with E-state index in [2.05, 4.69) is 12.1 Å². The first-order chi connectivity index (χ1) is 15.3. The van der Waals surface area contributed by atoms with Gasteiger partial charge < -0.3 is 9.47 Å². The maximum atomic E-state index is 13.0. The second kappa shape index (κ2) is 9.12. The van der Waals surface area contributed by atoms with Crippen molar-refractivity contribution in [3.8, 4) is 17.0 Å². The van der Waals surface area contributed by atoms with Crippen LogP contribution in [-0.2, 0) is 20.7 Å². The maximum absolute atomic E-state index is 13.0. The Balaban J connectivity index is 1.65. The fourth-order valence-electron chi connectivity index (χ4n) is 3.65. The first kappa shape index (κ1) is 22.0. The lowest BCUT2D eigenvalue weighted by Gasteiger charge is -2.36. The van der Waals surface area contributed by atoms with Crippen molar-refractivity contribution >= 4 is 28.9 Å². The number of hydrogen-bond acceptors (Lipinski definition) is 6. The highest BCUT2D eigenvalue weighted by Crippen LogP contribution is 2.39. The standard InChI is InChI=1S/C25H26N2O4S/c1-15(2)30-25(29)16(3)27-21-13-19(10-11-22(21)31-17(4)24(27)28)20-14-32-23(26-20)12-18-8-6-5-7-9-18/h5-11,13-17H,12H2,1-4H3. The van der Waals surface area contributed by atoms with Crippen LogP contribution in [-0.4, -0.2) is 35.1 Å². The van der Waals surface area contributed by atoms with Crippen molar-refractivity contribution in [1.82, 2.24) is 4.98 Å². The Morgan fingerprint density at radius 3 is 2.66 bits per heavy atom. The number of carbonyl (C=O) groups excluding carboxylic acids is 2. The first-order valence-corrected chi connectivity index (χ1v) is 11.5. The number of thiazole rings is 1. The van der Waals surface area contributed by atoms with Gasteiger partial charge in [-0.1, -0.05) is 30.3 Å². The molecule has 0 spiro atoms. The van der Waals surface area contributed by atoms with Crippen molar-refractivity contribution in [2.24, 2.45) is 0 Å². The molecule has 0 bridgehead atoms. The zero-order valence-electron chi connectivity index (χ0n) is 18.6. The average molecular weight is 451 g/mol. The number of esters is 1. The number of amides is 1. The molecule has 1 aliphatic heterocycles. The molecule has 1 amide bonds. The van der Waals surface area contributed by atoms with Gasteiger partial charge in [0.1, 0.15) is 11.8 Å². The third-order valence-corrected chi connectivity index (χ3v) is 6.08. The summed E-state index contributed by atoms with van der Waals surface area (Å²) in [5.74, 6) is -0.159. The number of fused-ring (bicyclic) bond motifs is 1. The van der Waals surface area contributed by atoms with Crippen molar-refractivity contribution in [2.45, 2.75) is 52.4 Å². The van der Waals surface area contributed by atoms with Gasteiger partial charge in [-0.3, -0.25) is 9.69 Å². The van der Waals surface area contributed by atoms with Crippen LogP contribution in [0.5, 0.6) is 5.75 Å². The van der Waals surface area contributed by atoms with Gasteiger partial charge in [-0.15, -0.1) is 11.3 Å². The largest absolute Gasteiger partial charge is 0.479 e. The molecule has 7 heteroatoms. The fourth-order valence-corrected chi connectivity index (χ4v) is 4.49. The number of anilines is 1. The van der Waals surface area contributed by atoms with Crippen molar-refractivity contribution in [2.75, 3.05) is 4.90 Å². The highest BCUT2D eigenvalue weighted by atomic mass is 32.1. The highest BCUT2D eigenvalue weighted by molar-refractivity contribution is 7.10. The number of rotatable bonds is 6.